The van der Waals surface area contributed by atoms with Crippen LogP contribution in [0.15, 0.2) is 54.6 Å². The molecule has 0 heterocycles. The highest BCUT2D eigenvalue weighted by atomic mass is 16.5. The van der Waals surface area contributed by atoms with Gasteiger partial charge in [0.1, 0.15) is 23.9 Å². The van der Waals surface area contributed by atoms with E-state index in [-0.39, 0.29) is 66.3 Å². The van der Waals surface area contributed by atoms with Crippen molar-refractivity contribution in [3.8, 4) is 34.5 Å². The molecule has 0 radical (unpaired) electrons. The van der Waals surface area contributed by atoms with Crippen molar-refractivity contribution in [2.45, 2.75) is 69.5 Å². The third-order valence-corrected chi connectivity index (χ3v) is 7.39. The molecule has 9 nitrogen and oxygen atoms in total. The van der Waals surface area contributed by atoms with Crippen molar-refractivity contribution in [1.82, 2.24) is 0 Å². The maximum atomic E-state index is 12.5. The normalized spacial score (nSPS) is 15.1. The summed E-state index contributed by atoms with van der Waals surface area (Å²) in [7, 11) is 0. The molecule has 0 saturated heterocycles. The summed E-state index contributed by atoms with van der Waals surface area (Å²) < 4.78 is 11.5. The van der Waals surface area contributed by atoms with Gasteiger partial charge in [0.2, 0.25) is 5.75 Å². The topological polar surface area (TPSA) is 163 Å². The first-order chi connectivity index (χ1) is 19.2. The minimum absolute atomic E-state index is 0.0156. The monoisotopic (exact) mass is 551 g/mol. The number of aliphatic hydroxyl groups is 1. The van der Waals surface area contributed by atoms with Crippen LogP contribution < -0.4 is 15.2 Å². The fourth-order valence-corrected chi connectivity index (χ4v) is 5.27. The molecule has 1 unspecified atom stereocenters. The molecule has 1 aliphatic rings. The number of ketones is 1. The van der Waals surface area contributed by atoms with Crippen LogP contribution in [0.4, 0.5) is 0 Å². The smallest absolute Gasteiger partial charge is 0.200 e. The lowest BCUT2D eigenvalue weighted by atomic mass is 9.91. The molecule has 0 aromatic heterocycles. The Bertz CT molecular complexity index is 1320. The van der Waals surface area contributed by atoms with Gasteiger partial charge in [-0.3, -0.25) is 10.5 Å². The molecule has 0 amide bonds. The lowest BCUT2D eigenvalue weighted by Crippen LogP contribution is -2.29. The second kappa shape index (κ2) is 12.9. The summed E-state index contributed by atoms with van der Waals surface area (Å²) in [5, 5.41) is 51.3. The number of hydrogen-bond acceptors (Lipinski definition) is 9. The average molecular weight is 552 g/mol. The van der Waals surface area contributed by atoms with Gasteiger partial charge in [-0.2, -0.15) is 0 Å². The predicted octanol–water partition coefficient (Wildman–Crippen LogP) is 4.54. The molecule has 40 heavy (non-hydrogen) atoms. The highest BCUT2D eigenvalue weighted by Gasteiger charge is 2.39. The molecule has 0 aliphatic heterocycles. The molecule has 1 atom stereocenters. The van der Waals surface area contributed by atoms with Gasteiger partial charge in [0.25, 0.3) is 0 Å². The van der Waals surface area contributed by atoms with E-state index in [1.54, 1.807) is 36.4 Å². The van der Waals surface area contributed by atoms with E-state index in [2.05, 4.69) is 0 Å². The van der Waals surface area contributed by atoms with Gasteiger partial charge in [-0.05, 0) is 98.0 Å². The van der Waals surface area contributed by atoms with E-state index < -0.39 is 11.7 Å². The minimum atomic E-state index is -0.878. The van der Waals surface area contributed by atoms with E-state index in [0.29, 0.717) is 31.2 Å². The van der Waals surface area contributed by atoms with Crippen molar-refractivity contribution in [1.29, 1.82) is 0 Å². The lowest BCUT2D eigenvalue weighted by Gasteiger charge is -2.31. The van der Waals surface area contributed by atoms with Crippen LogP contribution in [0.3, 0.4) is 0 Å². The van der Waals surface area contributed by atoms with Crippen molar-refractivity contribution in [3.63, 3.8) is 0 Å². The number of Topliss-reactive ketones (excluding diaryl/α,β-unsaturated/α-hetero) is 1. The number of benzene rings is 3. The lowest BCUT2D eigenvalue weighted by molar-refractivity contribution is -0.121. The van der Waals surface area contributed by atoms with Crippen LogP contribution >= 0.6 is 0 Å². The number of nitrogens with two attached hydrogens (primary N) is 1. The summed E-state index contributed by atoms with van der Waals surface area (Å²) in [6.07, 6.45) is 3.65. The molecule has 0 spiro atoms. The number of phenols is 4. The zero-order chi connectivity index (χ0) is 28.7. The number of carbonyl (C=O) groups excluding carboxylic acids is 1. The molecule has 4 rings (SSSR count). The Morgan fingerprint density at radius 1 is 0.900 bits per heavy atom. The van der Waals surface area contributed by atoms with Gasteiger partial charge in [-0.15, -0.1) is 0 Å². The Kier molecular flexibility index (Phi) is 9.39. The van der Waals surface area contributed by atoms with Gasteiger partial charge in [-0.25, -0.2) is 0 Å². The quantitative estimate of drug-likeness (QED) is 0.132. The summed E-state index contributed by atoms with van der Waals surface area (Å²) in [6.45, 7) is -0.0764. The van der Waals surface area contributed by atoms with Crippen LogP contribution in [0.1, 0.15) is 61.6 Å². The molecule has 3 aromatic rings. The number of phenolic OH excluding ortho intramolecular Hbond substituents is 4. The third-order valence-electron chi connectivity index (χ3n) is 7.39. The number of aromatic hydroxyl groups is 4. The van der Waals surface area contributed by atoms with Gasteiger partial charge in [-0.1, -0.05) is 18.2 Å². The largest absolute Gasteiger partial charge is 0.508 e. The fourth-order valence-electron chi connectivity index (χ4n) is 5.27. The maximum Gasteiger partial charge on any atom is 0.200 e. The number of carbonyl (C=O) groups is 1. The number of rotatable bonds is 13. The Balaban J connectivity index is 1.35. The summed E-state index contributed by atoms with van der Waals surface area (Å²) in [4.78, 5) is 12.5. The van der Waals surface area contributed by atoms with E-state index in [1.165, 1.54) is 12.1 Å². The Morgan fingerprint density at radius 3 is 2.38 bits per heavy atom. The van der Waals surface area contributed by atoms with Gasteiger partial charge in [0, 0.05) is 12.8 Å². The zero-order valence-corrected chi connectivity index (χ0v) is 22.4. The van der Waals surface area contributed by atoms with Crippen molar-refractivity contribution in [2.75, 3.05) is 6.73 Å². The minimum Gasteiger partial charge on any atom is -0.508 e. The van der Waals surface area contributed by atoms with E-state index in [4.69, 9.17) is 15.2 Å². The van der Waals surface area contributed by atoms with Crippen molar-refractivity contribution >= 4 is 5.78 Å². The second-order valence-electron chi connectivity index (χ2n) is 10.4. The Morgan fingerprint density at radius 2 is 1.65 bits per heavy atom. The van der Waals surface area contributed by atoms with Crippen molar-refractivity contribution in [2.24, 2.45) is 5.73 Å². The number of aliphatic hydroxyl groups excluding tert-OH is 1. The first-order valence-corrected chi connectivity index (χ1v) is 13.6. The van der Waals surface area contributed by atoms with Crippen LogP contribution in [-0.2, 0) is 23.2 Å². The summed E-state index contributed by atoms with van der Waals surface area (Å²) in [5.41, 5.74) is 6.89. The first kappa shape index (κ1) is 29.0. The van der Waals surface area contributed by atoms with Crippen LogP contribution in [0.2, 0.25) is 0 Å². The Hall–Kier alpha value is -3.95. The van der Waals surface area contributed by atoms with E-state index in [0.717, 1.165) is 24.0 Å². The van der Waals surface area contributed by atoms with Gasteiger partial charge < -0.3 is 35.0 Å². The molecule has 7 N–H and O–H groups in total. The van der Waals surface area contributed by atoms with Crippen molar-refractivity contribution < 1.29 is 39.8 Å². The molecule has 3 aromatic carbocycles. The first-order valence-electron chi connectivity index (χ1n) is 13.6. The molecule has 1 saturated carbocycles. The molecule has 214 valence electrons. The molecular weight excluding hydrogens is 514 g/mol. The second-order valence-corrected chi connectivity index (χ2v) is 10.4. The van der Waals surface area contributed by atoms with E-state index in [1.807, 2.05) is 6.07 Å². The summed E-state index contributed by atoms with van der Waals surface area (Å²) >= 11 is 0. The predicted molar refractivity (Wildman–Crippen MR) is 149 cm³/mol. The molecule has 9 heteroatoms. The summed E-state index contributed by atoms with van der Waals surface area (Å²) in [6, 6.07) is 14.8. The third kappa shape index (κ3) is 7.16. The summed E-state index contributed by atoms with van der Waals surface area (Å²) in [5.74, 6) is -0.290. The zero-order valence-electron chi connectivity index (χ0n) is 22.4. The average Bonchev–Trinajstić information content (AvgIpc) is 3.40. The molecular formula is C31H37NO8. The van der Waals surface area contributed by atoms with Crippen LogP contribution in [0.5, 0.6) is 34.5 Å². The van der Waals surface area contributed by atoms with Crippen LogP contribution in [0.25, 0.3) is 0 Å². The van der Waals surface area contributed by atoms with Gasteiger partial charge in [0.15, 0.2) is 23.0 Å². The SMILES string of the molecule is NCOc1cc(CCC(=O)CC(O)CCc2cc(O)c(O)c(OC3(c4cccc(O)c4)CCCC3)c2)ccc1O. The van der Waals surface area contributed by atoms with E-state index in [9.17, 15) is 30.3 Å². The standard InChI is InChI=1S/C31H37NO8/c32-19-39-28-15-20(8-11-26(28)36)6-9-24(34)18-25(35)10-7-21-14-27(37)30(38)29(16-21)40-31(12-1-2-13-31)22-4-3-5-23(33)17-22/h3-5,8,11,14-17,25,33,35-38H,1-2,6-7,9-10,12-13,18-19,32H2. The molecule has 1 fully saturated rings. The highest BCUT2D eigenvalue weighted by molar-refractivity contribution is 5.79. The van der Waals surface area contributed by atoms with Crippen LogP contribution in [-0.4, -0.2) is 44.2 Å². The molecule has 1 aliphatic carbocycles. The van der Waals surface area contributed by atoms with Gasteiger partial charge in [0.05, 0.1) is 6.10 Å². The fraction of sp³-hybridized carbons (Fsp3) is 0.387. The molecule has 0 bridgehead atoms. The number of aryl methyl sites for hydroxylation is 2. The maximum absolute atomic E-state index is 12.5. The highest BCUT2D eigenvalue weighted by Crippen LogP contribution is 2.47. The Labute approximate surface area is 233 Å². The van der Waals surface area contributed by atoms with Crippen molar-refractivity contribution in [3.05, 3.63) is 71.3 Å². The van der Waals surface area contributed by atoms with E-state index >= 15 is 0 Å². The number of ether oxygens (including phenoxy) is 2. The number of hydrogen-bond donors (Lipinski definition) is 6. The van der Waals surface area contributed by atoms with Crippen LogP contribution in [0, 0.1) is 0 Å². The van der Waals surface area contributed by atoms with Gasteiger partial charge >= 0.3 is 0 Å².